The van der Waals surface area contributed by atoms with Crippen LogP contribution in [0.4, 0.5) is 8.78 Å². The van der Waals surface area contributed by atoms with Crippen molar-refractivity contribution < 1.29 is 22.0 Å². The molecular formula is C11H11F2NO3S. The summed E-state index contributed by atoms with van der Waals surface area (Å²) in [7, 11) is -3.12. The second-order valence-corrected chi connectivity index (χ2v) is 6.43. The van der Waals surface area contributed by atoms with E-state index in [0.717, 1.165) is 18.2 Å². The lowest BCUT2D eigenvalue weighted by molar-refractivity contribution is 0.0936. The van der Waals surface area contributed by atoms with Gasteiger partial charge in [0.05, 0.1) is 17.1 Å². The molecule has 1 heterocycles. The number of carbonyl (C=O) groups is 1. The number of amides is 1. The summed E-state index contributed by atoms with van der Waals surface area (Å²) in [4.78, 5) is 11.7. The van der Waals surface area contributed by atoms with Crippen LogP contribution in [0.3, 0.4) is 0 Å². The first kappa shape index (κ1) is 12.9. The third-order valence-corrected chi connectivity index (χ3v) is 4.51. The third kappa shape index (κ3) is 2.84. The van der Waals surface area contributed by atoms with Crippen LogP contribution in [0.1, 0.15) is 16.8 Å². The molecule has 1 amide bonds. The average molecular weight is 275 g/mol. The molecule has 1 saturated heterocycles. The molecule has 98 valence electrons. The first-order valence-corrected chi connectivity index (χ1v) is 7.16. The minimum atomic E-state index is -3.12. The summed E-state index contributed by atoms with van der Waals surface area (Å²) in [6.45, 7) is 0. The summed E-state index contributed by atoms with van der Waals surface area (Å²) >= 11 is 0. The Morgan fingerprint density at radius 2 is 2.06 bits per heavy atom. The zero-order chi connectivity index (χ0) is 13.3. The molecule has 1 N–H and O–H groups in total. The Morgan fingerprint density at radius 1 is 1.33 bits per heavy atom. The van der Waals surface area contributed by atoms with Crippen LogP contribution in [-0.2, 0) is 9.84 Å². The highest BCUT2D eigenvalue weighted by atomic mass is 32.2. The van der Waals surface area contributed by atoms with Gasteiger partial charge in [0.15, 0.2) is 9.84 Å². The second kappa shape index (κ2) is 4.64. The summed E-state index contributed by atoms with van der Waals surface area (Å²) < 4.78 is 48.6. The molecular weight excluding hydrogens is 264 g/mol. The highest BCUT2D eigenvalue weighted by Gasteiger charge is 2.29. The number of halogens is 2. The Morgan fingerprint density at radius 3 is 2.67 bits per heavy atom. The van der Waals surface area contributed by atoms with Crippen LogP contribution in [0.15, 0.2) is 18.2 Å². The minimum Gasteiger partial charge on any atom is -0.348 e. The van der Waals surface area contributed by atoms with Gasteiger partial charge in [-0.1, -0.05) is 0 Å². The maximum atomic E-state index is 13.3. The van der Waals surface area contributed by atoms with Crippen molar-refractivity contribution in [1.29, 1.82) is 0 Å². The van der Waals surface area contributed by atoms with Gasteiger partial charge < -0.3 is 5.32 Å². The molecule has 0 aliphatic carbocycles. The van der Waals surface area contributed by atoms with Gasteiger partial charge in [-0.25, -0.2) is 17.2 Å². The van der Waals surface area contributed by atoms with Gasteiger partial charge in [-0.3, -0.25) is 4.79 Å². The van der Waals surface area contributed by atoms with E-state index in [1.54, 1.807) is 0 Å². The molecule has 0 aromatic heterocycles. The van der Waals surface area contributed by atoms with Crippen molar-refractivity contribution >= 4 is 15.7 Å². The first-order chi connectivity index (χ1) is 8.37. The molecule has 2 rings (SSSR count). The van der Waals surface area contributed by atoms with Crippen molar-refractivity contribution in [2.24, 2.45) is 0 Å². The predicted octanol–water partition coefficient (Wildman–Crippen LogP) is 0.882. The van der Waals surface area contributed by atoms with Gasteiger partial charge in [0.1, 0.15) is 11.6 Å². The van der Waals surface area contributed by atoms with E-state index in [4.69, 9.17) is 0 Å². The largest absolute Gasteiger partial charge is 0.348 e. The number of carbonyl (C=O) groups excluding carboxylic acids is 1. The fourth-order valence-corrected chi connectivity index (χ4v) is 3.52. The molecule has 1 atom stereocenters. The van der Waals surface area contributed by atoms with E-state index in [9.17, 15) is 22.0 Å². The van der Waals surface area contributed by atoms with Crippen molar-refractivity contribution in [2.45, 2.75) is 12.5 Å². The fourth-order valence-electron chi connectivity index (χ4n) is 1.84. The molecule has 0 spiro atoms. The van der Waals surface area contributed by atoms with Gasteiger partial charge in [-0.05, 0) is 24.6 Å². The quantitative estimate of drug-likeness (QED) is 0.871. The minimum absolute atomic E-state index is 0.00355. The number of nitrogens with one attached hydrogen (secondary N) is 1. The van der Waals surface area contributed by atoms with Crippen molar-refractivity contribution in [3.63, 3.8) is 0 Å². The van der Waals surface area contributed by atoms with Gasteiger partial charge in [-0.15, -0.1) is 0 Å². The van der Waals surface area contributed by atoms with Gasteiger partial charge >= 0.3 is 0 Å². The summed E-state index contributed by atoms with van der Waals surface area (Å²) in [5.41, 5.74) is -0.417. The summed E-state index contributed by atoms with van der Waals surface area (Å²) in [5.74, 6) is -2.51. The van der Waals surface area contributed by atoms with E-state index in [2.05, 4.69) is 5.32 Å². The molecule has 1 aromatic carbocycles. The summed E-state index contributed by atoms with van der Waals surface area (Å²) in [6.07, 6.45) is 0.297. The molecule has 1 fully saturated rings. The summed E-state index contributed by atoms with van der Waals surface area (Å²) in [5, 5.41) is 2.39. The standard InChI is InChI=1S/C11H11F2NO3S/c12-7-1-2-10(13)9(5-7)11(15)14-8-3-4-18(16,17)6-8/h1-2,5,8H,3-4,6H2,(H,14,15)/t8-/m1/s1. The van der Waals surface area contributed by atoms with Gasteiger partial charge in [0.2, 0.25) is 0 Å². The monoisotopic (exact) mass is 275 g/mol. The number of sulfone groups is 1. The lowest BCUT2D eigenvalue weighted by Crippen LogP contribution is -2.36. The van der Waals surface area contributed by atoms with E-state index in [1.165, 1.54) is 0 Å². The van der Waals surface area contributed by atoms with Crippen LogP contribution in [0.5, 0.6) is 0 Å². The van der Waals surface area contributed by atoms with Crippen LogP contribution in [0.25, 0.3) is 0 Å². The van der Waals surface area contributed by atoms with Gasteiger partial charge in [0.25, 0.3) is 5.91 Å². The molecule has 0 saturated carbocycles. The molecule has 7 heteroatoms. The van der Waals surface area contributed by atoms with Gasteiger partial charge in [0, 0.05) is 6.04 Å². The van der Waals surface area contributed by atoms with E-state index in [-0.39, 0.29) is 11.5 Å². The van der Waals surface area contributed by atoms with Crippen LogP contribution < -0.4 is 5.32 Å². The highest BCUT2D eigenvalue weighted by molar-refractivity contribution is 7.91. The topological polar surface area (TPSA) is 63.2 Å². The van der Waals surface area contributed by atoms with Crippen molar-refractivity contribution in [3.8, 4) is 0 Å². The van der Waals surface area contributed by atoms with Crippen molar-refractivity contribution in [3.05, 3.63) is 35.4 Å². The van der Waals surface area contributed by atoms with E-state index in [0.29, 0.717) is 6.42 Å². The average Bonchev–Trinajstić information content (AvgIpc) is 2.61. The zero-order valence-electron chi connectivity index (χ0n) is 9.32. The maximum absolute atomic E-state index is 13.3. The van der Waals surface area contributed by atoms with Crippen LogP contribution in [-0.4, -0.2) is 31.9 Å². The number of hydrogen-bond donors (Lipinski definition) is 1. The fraction of sp³-hybridized carbons (Fsp3) is 0.364. The molecule has 0 unspecified atom stereocenters. The Labute approximate surface area is 103 Å². The Kier molecular flexibility index (Phi) is 3.34. The van der Waals surface area contributed by atoms with E-state index < -0.39 is 39.0 Å². The molecule has 0 radical (unpaired) electrons. The van der Waals surface area contributed by atoms with Crippen LogP contribution >= 0.6 is 0 Å². The second-order valence-electron chi connectivity index (χ2n) is 4.20. The Balaban J connectivity index is 2.11. The predicted molar refractivity (Wildman–Crippen MR) is 60.9 cm³/mol. The van der Waals surface area contributed by atoms with Crippen molar-refractivity contribution in [2.75, 3.05) is 11.5 Å². The normalized spacial score (nSPS) is 21.8. The molecule has 18 heavy (non-hydrogen) atoms. The maximum Gasteiger partial charge on any atom is 0.254 e. The molecule has 1 aliphatic heterocycles. The van der Waals surface area contributed by atoms with E-state index in [1.807, 2.05) is 0 Å². The number of hydrogen-bond acceptors (Lipinski definition) is 3. The van der Waals surface area contributed by atoms with E-state index >= 15 is 0 Å². The van der Waals surface area contributed by atoms with Crippen LogP contribution in [0.2, 0.25) is 0 Å². The Bertz CT molecular complexity index is 586. The lowest BCUT2D eigenvalue weighted by Gasteiger charge is -2.11. The highest BCUT2D eigenvalue weighted by Crippen LogP contribution is 2.14. The summed E-state index contributed by atoms with van der Waals surface area (Å²) in [6, 6.07) is 2.01. The molecule has 1 aliphatic rings. The van der Waals surface area contributed by atoms with Crippen LogP contribution in [0, 0.1) is 11.6 Å². The Hall–Kier alpha value is -1.50. The first-order valence-electron chi connectivity index (χ1n) is 5.34. The number of rotatable bonds is 2. The lowest BCUT2D eigenvalue weighted by atomic mass is 10.1. The molecule has 1 aromatic rings. The number of benzene rings is 1. The SMILES string of the molecule is O=C(N[C@@H]1CCS(=O)(=O)C1)c1cc(F)ccc1F. The zero-order valence-corrected chi connectivity index (χ0v) is 10.1. The van der Waals surface area contributed by atoms with Crippen molar-refractivity contribution in [1.82, 2.24) is 5.32 Å². The third-order valence-electron chi connectivity index (χ3n) is 2.74. The molecule has 4 nitrogen and oxygen atoms in total. The molecule has 0 bridgehead atoms. The van der Waals surface area contributed by atoms with Gasteiger partial charge in [-0.2, -0.15) is 0 Å². The smallest absolute Gasteiger partial charge is 0.254 e.